The summed E-state index contributed by atoms with van der Waals surface area (Å²) < 4.78 is 1.73. The monoisotopic (exact) mass is 345 g/mol. The van der Waals surface area contributed by atoms with Gasteiger partial charge in [0.1, 0.15) is 0 Å². The van der Waals surface area contributed by atoms with E-state index in [-0.39, 0.29) is 18.4 Å². The molecule has 3 rings (SSSR count). The number of hydrogen-bond acceptors (Lipinski definition) is 4. The third-order valence-electron chi connectivity index (χ3n) is 3.97. The Kier molecular flexibility index (Phi) is 5.20. The number of carboxylic acids is 1. The molecule has 0 spiro atoms. The average molecular weight is 345 g/mol. The maximum Gasteiger partial charge on any atom is 0.305 e. The molecule has 1 fully saturated rings. The van der Waals surface area contributed by atoms with Gasteiger partial charge in [0.25, 0.3) is 5.91 Å². The summed E-state index contributed by atoms with van der Waals surface area (Å²) >= 11 is 1.69. The van der Waals surface area contributed by atoms with Gasteiger partial charge in [0, 0.05) is 24.2 Å². The van der Waals surface area contributed by atoms with E-state index in [0.717, 1.165) is 11.3 Å². The van der Waals surface area contributed by atoms with Crippen LogP contribution in [0.15, 0.2) is 42.7 Å². The van der Waals surface area contributed by atoms with Crippen LogP contribution in [-0.4, -0.2) is 55.8 Å². The third-order valence-corrected chi connectivity index (χ3v) is 5.06. The molecule has 1 aromatic heterocycles. The van der Waals surface area contributed by atoms with E-state index >= 15 is 0 Å². The lowest BCUT2D eigenvalue weighted by molar-refractivity contribution is -0.138. The van der Waals surface area contributed by atoms with E-state index in [2.05, 4.69) is 5.10 Å². The maximum absolute atomic E-state index is 12.7. The number of nitrogens with zero attached hydrogens (tertiary/aromatic N) is 3. The first-order valence-corrected chi connectivity index (χ1v) is 8.96. The number of carbonyl (C=O) groups is 2. The van der Waals surface area contributed by atoms with Gasteiger partial charge in [-0.2, -0.15) is 16.9 Å². The first-order valence-electron chi connectivity index (χ1n) is 7.80. The molecule has 0 bridgehead atoms. The Morgan fingerprint density at radius 2 is 2.08 bits per heavy atom. The number of hydrogen-bond donors (Lipinski definition) is 1. The lowest BCUT2D eigenvalue weighted by Crippen LogP contribution is -2.47. The van der Waals surface area contributed by atoms with Crippen LogP contribution in [0, 0.1) is 0 Å². The smallest absolute Gasteiger partial charge is 0.305 e. The van der Waals surface area contributed by atoms with Gasteiger partial charge in [0.15, 0.2) is 0 Å². The van der Waals surface area contributed by atoms with Crippen LogP contribution in [0.25, 0.3) is 0 Å². The van der Waals surface area contributed by atoms with E-state index in [1.807, 2.05) is 30.3 Å². The van der Waals surface area contributed by atoms with Gasteiger partial charge in [0.2, 0.25) is 0 Å². The molecule has 1 N–H and O–H groups in total. The number of thioether (sulfide) groups is 1. The minimum absolute atomic E-state index is 0.0170. The van der Waals surface area contributed by atoms with Crippen LogP contribution in [0.3, 0.4) is 0 Å². The lowest BCUT2D eigenvalue weighted by atomic mass is 10.1. The van der Waals surface area contributed by atoms with Crippen molar-refractivity contribution in [2.24, 2.45) is 0 Å². The van der Waals surface area contributed by atoms with Gasteiger partial charge in [0.05, 0.1) is 30.8 Å². The van der Waals surface area contributed by atoms with E-state index in [0.29, 0.717) is 24.4 Å². The molecular weight excluding hydrogens is 326 g/mol. The number of benzene rings is 1. The second-order valence-corrected chi connectivity index (χ2v) is 6.89. The fourth-order valence-electron chi connectivity index (χ4n) is 2.79. The summed E-state index contributed by atoms with van der Waals surface area (Å²) in [5.74, 6) is 0.483. The highest BCUT2D eigenvalue weighted by atomic mass is 32.2. The van der Waals surface area contributed by atoms with Crippen LogP contribution in [0.4, 0.5) is 0 Å². The Hall–Kier alpha value is -2.28. The van der Waals surface area contributed by atoms with Crippen LogP contribution in [-0.2, 0) is 11.3 Å². The van der Waals surface area contributed by atoms with Crippen LogP contribution in [0.5, 0.6) is 0 Å². The van der Waals surface area contributed by atoms with Crippen molar-refractivity contribution in [2.75, 3.05) is 18.1 Å². The molecule has 1 aliphatic heterocycles. The van der Waals surface area contributed by atoms with Gasteiger partial charge < -0.3 is 10.0 Å². The summed E-state index contributed by atoms with van der Waals surface area (Å²) in [7, 11) is 0. The fourth-order valence-corrected chi connectivity index (χ4v) is 3.85. The van der Waals surface area contributed by atoms with E-state index in [4.69, 9.17) is 5.11 Å². The molecule has 1 unspecified atom stereocenters. The van der Waals surface area contributed by atoms with Crippen LogP contribution in [0.2, 0.25) is 0 Å². The molecule has 0 aliphatic carbocycles. The Bertz CT molecular complexity index is 717. The fraction of sp³-hybridized carbons (Fsp3) is 0.353. The van der Waals surface area contributed by atoms with Crippen LogP contribution < -0.4 is 0 Å². The molecule has 1 saturated heterocycles. The molecule has 2 aromatic rings. The van der Waals surface area contributed by atoms with Crippen molar-refractivity contribution in [3.63, 3.8) is 0 Å². The molecule has 2 heterocycles. The van der Waals surface area contributed by atoms with Gasteiger partial charge in [-0.1, -0.05) is 30.3 Å². The maximum atomic E-state index is 12.7. The Morgan fingerprint density at radius 1 is 1.29 bits per heavy atom. The Balaban J connectivity index is 1.71. The summed E-state index contributed by atoms with van der Waals surface area (Å²) in [6.07, 6.45) is 3.27. The second kappa shape index (κ2) is 7.53. The molecule has 1 aromatic carbocycles. The Labute approximate surface area is 144 Å². The normalized spacial score (nSPS) is 17.7. The van der Waals surface area contributed by atoms with Crippen molar-refractivity contribution in [3.8, 4) is 0 Å². The number of carboxylic acid groups (broad SMARTS) is 1. The van der Waals surface area contributed by atoms with Gasteiger partial charge in [-0.05, 0) is 5.56 Å². The molecule has 1 amide bonds. The molecule has 7 heteroatoms. The van der Waals surface area contributed by atoms with E-state index in [9.17, 15) is 9.59 Å². The molecule has 126 valence electrons. The molecule has 0 saturated carbocycles. The molecule has 24 heavy (non-hydrogen) atoms. The van der Waals surface area contributed by atoms with Crippen molar-refractivity contribution < 1.29 is 14.7 Å². The zero-order valence-corrected chi connectivity index (χ0v) is 14.0. The number of amides is 1. The largest absolute Gasteiger partial charge is 0.481 e. The second-order valence-electron chi connectivity index (χ2n) is 5.74. The quantitative estimate of drug-likeness (QED) is 0.897. The highest BCUT2D eigenvalue weighted by Gasteiger charge is 2.30. The number of aliphatic carboxylic acids is 1. The van der Waals surface area contributed by atoms with Gasteiger partial charge in [-0.3, -0.25) is 14.3 Å². The molecule has 0 radical (unpaired) electrons. The van der Waals surface area contributed by atoms with E-state index < -0.39 is 5.97 Å². The summed E-state index contributed by atoms with van der Waals surface area (Å²) in [5.41, 5.74) is 1.62. The molecule has 1 aliphatic rings. The van der Waals surface area contributed by atoms with Gasteiger partial charge >= 0.3 is 5.97 Å². The molecule has 6 nitrogen and oxygen atoms in total. The summed E-state index contributed by atoms with van der Waals surface area (Å²) in [6.45, 7) is 1.17. The predicted octanol–water partition coefficient (Wildman–Crippen LogP) is 1.96. The van der Waals surface area contributed by atoms with Crippen LogP contribution in [0.1, 0.15) is 22.3 Å². The molecule has 1 atom stereocenters. The number of rotatable bonds is 5. The first kappa shape index (κ1) is 16.6. The number of aromatic nitrogens is 2. The van der Waals surface area contributed by atoms with Gasteiger partial charge in [-0.15, -0.1) is 0 Å². The topological polar surface area (TPSA) is 75.4 Å². The minimum atomic E-state index is -0.875. The summed E-state index contributed by atoms with van der Waals surface area (Å²) in [4.78, 5) is 25.4. The third kappa shape index (κ3) is 3.97. The summed E-state index contributed by atoms with van der Waals surface area (Å²) in [6, 6.07) is 9.64. The van der Waals surface area contributed by atoms with Crippen molar-refractivity contribution in [1.29, 1.82) is 0 Å². The standard InChI is InChI=1S/C17H19N3O3S/c21-16(22)8-15-12-24-7-6-20(15)17(23)14-9-18-19(11-14)10-13-4-2-1-3-5-13/h1-5,9,11,15H,6-8,10,12H2,(H,21,22). The van der Waals surface area contributed by atoms with Crippen molar-refractivity contribution in [3.05, 3.63) is 53.9 Å². The zero-order chi connectivity index (χ0) is 16.9. The number of carbonyl (C=O) groups excluding carboxylic acids is 1. The minimum Gasteiger partial charge on any atom is -0.481 e. The van der Waals surface area contributed by atoms with Crippen molar-refractivity contribution in [2.45, 2.75) is 19.0 Å². The first-order chi connectivity index (χ1) is 11.6. The van der Waals surface area contributed by atoms with Crippen molar-refractivity contribution >= 4 is 23.6 Å². The van der Waals surface area contributed by atoms with Gasteiger partial charge in [-0.25, -0.2) is 0 Å². The molecular formula is C17H19N3O3S. The van der Waals surface area contributed by atoms with Crippen LogP contribution >= 0.6 is 11.8 Å². The Morgan fingerprint density at radius 3 is 2.83 bits per heavy atom. The van der Waals surface area contributed by atoms with E-state index in [1.54, 1.807) is 33.7 Å². The predicted molar refractivity (Wildman–Crippen MR) is 92.2 cm³/mol. The average Bonchev–Trinajstić information content (AvgIpc) is 3.03. The highest BCUT2D eigenvalue weighted by molar-refractivity contribution is 7.99. The van der Waals surface area contributed by atoms with Crippen molar-refractivity contribution in [1.82, 2.24) is 14.7 Å². The SMILES string of the molecule is O=C(O)CC1CSCCN1C(=O)c1cnn(Cc2ccccc2)c1. The summed E-state index contributed by atoms with van der Waals surface area (Å²) in [5, 5.41) is 13.3. The highest BCUT2D eigenvalue weighted by Crippen LogP contribution is 2.21. The lowest BCUT2D eigenvalue weighted by Gasteiger charge is -2.34. The van der Waals surface area contributed by atoms with E-state index in [1.165, 1.54) is 0 Å². The zero-order valence-electron chi connectivity index (χ0n) is 13.2.